The highest BCUT2D eigenvalue weighted by Gasteiger charge is 2.16. The summed E-state index contributed by atoms with van der Waals surface area (Å²) in [7, 11) is 1.71. The van der Waals surface area contributed by atoms with Crippen LogP contribution in [0.15, 0.2) is 23.0 Å². The lowest BCUT2D eigenvalue weighted by Crippen LogP contribution is -2.35. The highest BCUT2D eigenvalue weighted by molar-refractivity contribution is 5.93. The standard InChI is InChI=1S/C14H22N2O4/c1-14(2,3)20-13(18)15-7-5-8-16(4)12(17)11-6-9-19-10-11/h6,9-10H,5,7-8H2,1-4H3,(H,15,18). The van der Waals surface area contributed by atoms with E-state index in [2.05, 4.69) is 5.32 Å². The van der Waals surface area contributed by atoms with Crippen LogP contribution in [-0.2, 0) is 4.74 Å². The van der Waals surface area contributed by atoms with Gasteiger partial charge in [0.1, 0.15) is 11.9 Å². The van der Waals surface area contributed by atoms with Crippen molar-refractivity contribution in [1.29, 1.82) is 0 Å². The molecule has 0 aliphatic heterocycles. The van der Waals surface area contributed by atoms with Crippen molar-refractivity contribution in [3.63, 3.8) is 0 Å². The molecule has 0 saturated carbocycles. The van der Waals surface area contributed by atoms with Gasteiger partial charge in [-0.1, -0.05) is 0 Å². The molecule has 0 aromatic carbocycles. The summed E-state index contributed by atoms with van der Waals surface area (Å²) in [6.07, 6.45) is 3.09. The summed E-state index contributed by atoms with van der Waals surface area (Å²) in [5.74, 6) is -0.101. The molecule has 1 rings (SSSR count). The van der Waals surface area contributed by atoms with Crippen molar-refractivity contribution in [3.05, 3.63) is 24.2 Å². The van der Waals surface area contributed by atoms with Crippen molar-refractivity contribution in [3.8, 4) is 0 Å². The molecule has 0 atom stereocenters. The highest BCUT2D eigenvalue weighted by atomic mass is 16.6. The van der Waals surface area contributed by atoms with Crippen LogP contribution in [0.4, 0.5) is 4.79 Å². The maximum atomic E-state index is 11.9. The number of furan rings is 1. The van der Waals surface area contributed by atoms with E-state index in [-0.39, 0.29) is 5.91 Å². The monoisotopic (exact) mass is 282 g/mol. The van der Waals surface area contributed by atoms with Crippen molar-refractivity contribution < 1.29 is 18.7 Å². The number of nitrogens with one attached hydrogen (secondary N) is 1. The minimum atomic E-state index is -0.502. The van der Waals surface area contributed by atoms with Crippen molar-refractivity contribution >= 4 is 12.0 Å². The number of ether oxygens (including phenoxy) is 1. The van der Waals surface area contributed by atoms with E-state index in [0.29, 0.717) is 25.1 Å². The third kappa shape index (κ3) is 5.77. The predicted octanol–water partition coefficient (Wildman–Crippen LogP) is 2.27. The molecular formula is C14H22N2O4. The van der Waals surface area contributed by atoms with E-state index in [1.54, 1.807) is 18.0 Å². The van der Waals surface area contributed by atoms with Crippen LogP contribution >= 0.6 is 0 Å². The number of carbonyl (C=O) groups is 2. The summed E-state index contributed by atoms with van der Waals surface area (Å²) >= 11 is 0. The first-order chi connectivity index (χ1) is 9.29. The Balaban J connectivity index is 2.21. The summed E-state index contributed by atoms with van der Waals surface area (Å²) < 4.78 is 9.98. The zero-order valence-corrected chi connectivity index (χ0v) is 12.4. The van der Waals surface area contributed by atoms with Gasteiger partial charge < -0.3 is 19.4 Å². The Hall–Kier alpha value is -1.98. The molecule has 0 radical (unpaired) electrons. The van der Waals surface area contributed by atoms with E-state index in [0.717, 1.165) is 0 Å². The van der Waals surface area contributed by atoms with Gasteiger partial charge in [0.15, 0.2) is 0 Å². The molecule has 6 heteroatoms. The molecule has 6 nitrogen and oxygen atoms in total. The summed E-state index contributed by atoms with van der Waals surface area (Å²) in [5.41, 5.74) is 0.0191. The van der Waals surface area contributed by atoms with E-state index in [1.165, 1.54) is 12.5 Å². The second-order valence-corrected chi connectivity index (χ2v) is 5.52. The van der Waals surface area contributed by atoms with Crippen LogP contribution in [-0.4, -0.2) is 42.6 Å². The second-order valence-electron chi connectivity index (χ2n) is 5.52. The van der Waals surface area contributed by atoms with Crippen LogP contribution in [0.5, 0.6) is 0 Å². The van der Waals surface area contributed by atoms with Gasteiger partial charge in [-0.2, -0.15) is 0 Å². The second kappa shape index (κ2) is 6.98. The molecule has 0 saturated heterocycles. The Kier molecular flexibility index (Phi) is 5.61. The van der Waals surface area contributed by atoms with Gasteiger partial charge >= 0.3 is 6.09 Å². The van der Waals surface area contributed by atoms with Crippen molar-refractivity contribution in [2.24, 2.45) is 0 Å². The first-order valence-electron chi connectivity index (χ1n) is 6.54. The highest BCUT2D eigenvalue weighted by Crippen LogP contribution is 2.06. The molecule has 1 N–H and O–H groups in total. The van der Waals surface area contributed by atoms with Crippen LogP contribution in [0.3, 0.4) is 0 Å². The molecule has 2 amide bonds. The molecule has 0 fully saturated rings. The summed E-state index contributed by atoms with van der Waals surface area (Å²) in [6, 6.07) is 1.62. The quantitative estimate of drug-likeness (QED) is 0.841. The summed E-state index contributed by atoms with van der Waals surface area (Å²) in [4.78, 5) is 24.9. The zero-order chi connectivity index (χ0) is 15.2. The molecule has 0 unspecified atom stereocenters. The Morgan fingerprint density at radius 3 is 2.65 bits per heavy atom. The zero-order valence-electron chi connectivity index (χ0n) is 12.4. The average Bonchev–Trinajstić information content (AvgIpc) is 2.84. The first kappa shape index (κ1) is 16.1. The Labute approximate surface area is 119 Å². The fraction of sp³-hybridized carbons (Fsp3) is 0.571. The van der Waals surface area contributed by atoms with Crippen molar-refractivity contribution in [2.45, 2.75) is 32.8 Å². The number of hydrogen-bond acceptors (Lipinski definition) is 4. The summed E-state index contributed by atoms with van der Waals surface area (Å²) in [5, 5.41) is 2.65. The maximum absolute atomic E-state index is 11.9. The lowest BCUT2D eigenvalue weighted by atomic mass is 10.2. The third-order valence-corrected chi connectivity index (χ3v) is 2.45. The van der Waals surface area contributed by atoms with Crippen LogP contribution in [0, 0.1) is 0 Å². The van der Waals surface area contributed by atoms with Crippen LogP contribution < -0.4 is 5.32 Å². The van der Waals surface area contributed by atoms with E-state index < -0.39 is 11.7 Å². The fourth-order valence-electron chi connectivity index (χ4n) is 1.53. The van der Waals surface area contributed by atoms with Gasteiger partial charge in [0.25, 0.3) is 5.91 Å². The number of amides is 2. The van der Waals surface area contributed by atoms with Gasteiger partial charge in [-0.25, -0.2) is 4.79 Å². The molecule has 1 aromatic rings. The lowest BCUT2D eigenvalue weighted by Gasteiger charge is -2.20. The van der Waals surface area contributed by atoms with Crippen LogP contribution in [0.1, 0.15) is 37.6 Å². The first-order valence-corrected chi connectivity index (χ1v) is 6.54. The van der Waals surface area contributed by atoms with E-state index >= 15 is 0 Å². The molecule has 0 bridgehead atoms. The minimum absolute atomic E-state index is 0.101. The van der Waals surface area contributed by atoms with Crippen molar-refractivity contribution in [1.82, 2.24) is 10.2 Å². The van der Waals surface area contributed by atoms with E-state index in [1.807, 2.05) is 20.8 Å². The minimum Gasteiger partial charge on any atom is -0.472 e. The molecule has 0 spiro atoms. The SMILES string of the molecule is CN(CCCNC(=O)OC(C)(C)C)C(=O)c1ccoc1. The van der Waals surface area contributed by atoms with Gasteiger partial charge in [-0.05, 0) is 33.3 Å². The molecule has 1 heterocycles. The Morgan fingerprint density at radius 1 is 1.40 bits per heavy atom. The van der Waals surface area contributed by atoms with Gasteiger partial charge in [-0.3, -0.25) is 4.79 Å². The van der Waals surface area contributed by atoms with Crippen molar-refractivity contribution in [2.75, 3.05) is 20.1 Å². The third-order valence-electron chi connectivity index (χ3n) is 2.45. The maximum Gasteiger partial charge on any atom is 0.407 e. The number of rotatable bonds is 5. The lowest BCUT2D eigenvalue weighted by molar-refractivity contribution is 0.0526. The van der Waals surface area contributed by atoms with Crippen LogP contribution in [0.2, 0.25) is 0 Å². The van der Waals surface area contributed by atoms with E-state index in [4.69, 9.17) is 9.15 Å². The Bertz CT molecular complexity index is 435. The smallest absolute Gasteiger partial charge is 0.407 e. The van der Waals surface area contributed by atoms with Crippen LogP contribution in [0.25, 0.3) is 0 Å². The Morgan fingerprint density at radius 2 is 2.10 bits per heavy atom. The van der Waals surface area contributed by atoms with Gasteiger partial charge in [0.2, 0.25) is 0 Å². The number of hydrogen-bond donors (Lipinski definition) is 1. The molecular weight excluding hydrogens is 260 g/mol. The fourth-order valence-corrected chi connectivity index (χ4v) is 1.53. The van der Waals surface area contributed by atoms with Gasteiger partial charge in [0, 0.05) is 20.1 Å². The topological polar surface area (TPSA) is 71.8 Å². The largest absolute Gasteiger partial charge is 0.472 e. The number of alkyl carbamates (subject to hydrolysis) is 1. The normalized spacial score (nSPS) is 11.0. The van der Waals surface area contributed by atoms with E-state index in [9.17, 15) is 9.59 Å². The predicted molar refractivity (Wildman–Crippen MR) is 74.5 cm³/mol. The van der Waals surface area contributed by atoms with Gasteiger partial charge in [0.05, 0.1) is 11.8 Å². The summed E-state index contributed by atoms with van der Waals surface area (Å²) in [6.45, 7) is 6.43. The molecule has 0 aliphatic rings. The molecule has 20 heavy (non-hydrogen) atoms. The molecule has 1 aromatic heterocycles. The number of carbonyl (C=O) groups excluding carboxylic acids is 2. The molecule has 0 aliphatic carbocycles. The van der Waals surface area contributed by atoms with Gasteiger partial charge in [-0.15, -0.1) is 0 Å². The number of nitrogens with zero attached hydrogens (tertiary/aromatic N) is 1. The molecule has 112 valence electrons. The average molecular weight is 282 g/mol.